The van der Waals surface area contributed by atoms with Gasteiger partial charge in [0.2, 0.25) is 5.91 Å². The summed E-state index contributed by atoms with van der Waals surface area (Å²) >= 11 is 0. The van der Waals surface area contributed by atoms with E-state index in [4.69, 9.17) is 5.10 Å². The first kappa shape index (κ1) is 18.2. The van der Waals surface area contributed by atoms with Gasteiger partial charge in [-0.15, -0.1) is 15.3 Å². The van der Waals surface area contributed by atoms with E-state index >= 15 is 0 Å². The number of nitrogens with one attached hydrogen (secondary N) is 1. The molecule has 7 heteroatoms. The number of carbonyl (C=O) groups is 1. The summed E-state index contributed by atoms with van der Waals surface area (Å²) in [4.78, 5) is 15.0. The molecule has 3 heterocycles. The van der Waals surface area contributed by atoms with Gasteiger partial charge < -0.3 is 10.2 Å². The Morgan fingerprint density at radius 3 is 2.70 bits per heavy atom. The Labute approximate surface area is 160 Å². The summed E-state index contributed by atoms with van der Waals surface area (Å²) in [5, 5.41) is 16.5. The zero-order valence-corrected chi connectivity index (χ0v) is 16.4. The van der Waals surface area contributed by atoms with Crippen LogP contribution in [0, 0.1) is 5.92 Å². The summed E-state index contributed by atoms with van der Waals surface area (Å²) < 4.78 is 1.84. The fourth-order valence-corrected chi connectivity index (χ4v) is 4.29. The first-order chi connectivity index (χ1) is 13.1. The maximum Gasteiger partial charge on any atom is 0.225 e. The van der Waals surface area contributed by atoms with E-state index in [2.05, 4.69) is 34.3 Å². The monoisotopic (exact) mass is 370 g/mol. The van der Waals surface area contributed by atoms with Crippen LogP contribution in [-0.2, 0) is 4.79 Å². The smallest absolute Gasteiger partial charge is 0.225 e. The van der Waals surface area contributed by atoms with Crippen molar-refractivity contribution in [3.8, 4) is 0 Å². The van der Waals surface area contributed by atoms with Crippen molar-refractivity contribution in [3.63, 3.8) is 0 Å². The number of hydrogen-bond donors (Lipinski definition) is 1. The second kappa shape index (κ2) is 7.82. The van der Waals surface area contributed by atoms with Gasteiger partial charge >= 0.3 is 0 Å². The minimum Gasteiger partial charge on any atom is -0.354 e. The van der Waals surface area contributed by atoms with Gasteiger partial charge in [0, 0.05) is 25.0 Å². The number of nitrogens with zero attached hydrogens (tertiary/aromatic N) is 5. The molecule has 1 saturated carbocycles. The summed E-state index contributed by atoms with van der Waals surface area (Å²) in [5.74, 6) is 2.30. The minimum atomic E-state index is 0.0451. The van der Waals surface area contributed by atoms with Gasteiger partial charge in [0.25, 0.3) is 0 Å². The lowest BCUT2D eigenvalue weighted by Gasteiger charge is -2.34. The molecule has 2 aromatic heterocycles. The fourth-order valence-electron chi connectivity index (χ4n) is 4.29. The molecule has 1 N–H and O–H groups in total. The normalized spacial score (nSPS) is 21.7. The molecule has 1 amide bonds. The second-order valence-corrected chi connectivity index (χ2v) is 8.30. The molecule has 27 heavy (non-hydrogen) atoms. The highest BCUT2D eigenvalue weighted by atomic mass is 16.2. The zero-order chi connectivity index (χ0) is 18.8. The Kier molecular flexibility index (Phi) is 5.27. The van der Waals surface area contributed by atoms with Gasteiger partial charge in [-0.25, -0.2) is 0 Å². The molecule has 1 atom stereocenters. The molecule has 0 bridgehead atoms. The molecule has 0 radical (unpaired) electrons. The summed E-state index contributed by atoms with van der Waals surface area (Å²) in [6.07, 6.45) is 8.02. The molecule has 2 fully saturated rings. The van der Waals surface area contributed by atoms with E-state index in [9.17, 15) is 4.79 Å². The van der Waals surface area contributed by atoms with Crippen LogP contribution in [0.4, 0.5) is 5.82 Å². The summed E-state index contributed by atoms with van der Waals surface area (Å²) in [6.45, 7) is 5.86. The van der Waals surface area contributed by atoms with Crippen molar-refractivity contribution in [1.29, 1.82) is 0 Å². The highest BCUT2D eigenvalue weighted by Gasteiger charge is 2.28. The van der Waals surface area contributed by atoms with E-state index in [-0.39, 0.29) is 17.7 Å². The van der Waals surface area contributed by atoms with Gasteiger partial charge in [0.15, 0.2) is 11.5 Å². The summed E-state index contributed by atoms with van der Waals surface area (Å²) in [7, 11) is 0. The molecule has 1 aliphatic carbocycles. The molecule has 2 aromatic rings. The average molecular weight is 371 g/mol. The Morgan fingerprint density at radius 1 is 1.11 bits per heavy atom. The molecule has 0 unspecified atom stereocenters. The molecule has 0 aromatic carbocycles. The van der Waals surface area contributed by atoms with Crippen molar-refractivity contribution >= 4 is 17.4 Å². The van der Waals surface area contributed by atoms with Gasteiger partial charge in [-0.3, -0.25) is 4.79 Å². The van der Waals surface area contributed by atoms with Crippen molar-refractivity contribution in [3.05, 3.63) is 18.0 Å². The minimum absolute atomic E-state index is 0.0451. The SMILES string of the molecule is CC(C)c1nnc2ccc(N3CCC[C@H](C(=O)NC4CCCCC4)C3)nn12. The number of carbonyl (C=O) groups excluding carboxylic acids is 1. The first-order valence-electron chi connectivity index (χ1n) is 10.4. The van der Waals surface area contributed by atoms with E-state index in [0.717, 1.165) is 56.1 Å². The number of anilines is 1. The fraction of sp³-hybridized carbons (Fsp3) is 0.700. The van der Waals surface area contributed by atoms with Crippen molar-refractivity contribution in [2.75, 3.05) is 18.0 Å². The third kappa shape index (κ3) is 3.92. The van der Waals surface area contributed by atoms with Gasteiger partial charge in [-0.1, -0.05) is 33.1 Å². The average Bonchev–Trinajstić information content (AvgIpc) is 3.12. The standard InChI is InChI=1S/C20H30N6O/c1-14(2)19-23-22-17-10-11-18(24-26(17)19)25-12-6-7-15(13-25)20(27)21-16-8-4-3-5-9-16/h10-11,14-16H,3-9,12-13H2,1-2H3,(H,21,27)/t15-/m0/s1. The van der Waals surface area contributed by atoms with Gasteiger partial charge in [-0.2, -0.15) is 4.52 Å². The Morgan fingerprint density at radius 2 is 1.93 bits per heavy atom. The van der Waals surface area contributed by atoms with Crippen molar-refractivity contribution in [2.24, 2.45) is 5.92 Å². The molecule has 4 rings (SSSR count). The van der Waals surface area contributed by atoms with Crippen LogP contribution in [-0.4, -0.2) is 44.8 Å². The lowest BCUT2D eigenvalue weighted by molar-refractivity contribution is -0.126. The number of hydrogen-bond acceptors (Lipinski definition) is 5. The quantitative estimate of drug-likeness (QED) is 0.896. The predicted octanol–water partition coefficient (Wildman–Crippen LogP) is 2.91. The van der Waals surface area contributed by atoms with E-state index in [1.807, 2.05) is 16.6 Å². The molecular formula is C20H30N6O. The number of amides is 1. The van der Waals surface area contributed by atoms with Gasteiger partial charge in [0.1, 0.15) is 5.82 Å². The molecule has 1 aliphatic heterocycles. The Hall–Kier alpha value is -2.18. The second-order valence-electron chi connectivity index (χ2n) is 8.30. The largest absolute Gasteiger partial charge is 0.354 e. The maximum absolute atomic E-state index is 12.8. The van der Waals surface area contributed by atoms with E-state index in [1.165, 1.54) is 19.3 Å². The first-order valence-corrected chi connectivity index (χ1v) is 10.4. The van der Waals surface area contributed by atoms with Gasteiger partial charge in [-0.05, 0) is 37.8 Å². The number of piperidine rings is 1. The zero-order valence-electron chi connectivity index (χ0n) is 16.4. The molecule has 7 nitrogen and oxygen atoms in total. The Balaban J connectivity index is 1.46. The maximum atomic E-state index is 12.8. The summed E-state index contributed by atoms with van der Waals surface area (Å²) in [6, 6.07) is 4.34. The van der Waals surface area contributed by atoms with Crippen LogP contribution >= 0.6 is 0 Å². The van der Waals surface area contributed by atoms with Crippen LogP contribution < -0.4 is 10.2 Å². The number of fused-ring (bicyclic) bond motifs is 1. The van der Waals surface area contributed by atoms with Gasteiger partial charge in [0.05, 0.1) is 5.92 Å². The molecule has 1 saturated heterocycles. The highest BCUT2D eigenvalue weighted by molar-refractivity contribution is 5.79. The van der Waals surface area contributed by atoms with Crippen LogP contribution in [0.5, 0.6) is 0 Å². The molecule has 2 aliphatic rings. The van der Waals surface area contributed by atoms with E-state index in [1.54, 1.807) is 0 Å². The third-order valence-electron chi connectivity index (χ3n) is 5.86. The third-order valence-corrected chi connectivity index (χ3v) is 5.86. The lowest BCUT2D eigenvalue weighted by atomic mass is 9.93. The van der Waals surface area contributed by atoms with Crippen LogP contribution in [0.2, 0.25) is 0 Å². The van der Waals surface area contributed by atoms with Crippen LogP contribution in [0.25, 0.3) is 5.65 Å². The Bertz CT molecular complexity index is 795. The van der Waals surface area contributed by atoms with Crippen LogP contribution in [0.1, 0.15) is 70.5 Å². The number of rotatable bonds is 4. The van der Waals surface area contributed by atoms with Crippen molar-refractivity contribution in [1.82, 2.24) is 25.1 Å². The van der Waals surface area contributed by atoms with Crippen LogP contribution in [0.3, 0.4) is 0 Å². The lowest BCUT2D eigenvalue weighted by Crippen LogP contribution is -2.46. The van der Waals surface area contributed by atoms with E-state index in [0.29, 0.717) is 6.04 Å². The van der Waals surface area contributed by atoms with E-state index < -0.39 is 0 Å². The van der Waals surface area contributed by atoms with Crippen molar-refractivity contribution in [2.45, 2.75) is 70.8 Å². The topological polar surface area (TPSA) is 75.4 Å². The highest BCUT2D eigenvalue weighted by Crippen LogP contribution is 2.24. The summed E-state index contributed by atoms with van der Waals surface area (Å²) in [5.41, 5.74) is 0.769. The number of aromatic nitrogens is 4. The molecule has 146 valence electrons. The molecule has 0 spiro atoms. The van der Waals surface area contributed by atoms with Crippen molar-refractivity contribution < 1.29 is 4.79 Å². The molecular weight excluding hydrogens is 340 g/mol. The van der Waals surface area contributed by atoms with Crippen LogP contribution in [0.15, 0.2) is 12.1 Å². The predicted molar refractivity (Wildman–Crippen MR) is 105 cm³/mol.